The quantitative estimate of drug-likeness (QED) is 0.821. The number of benzene rings is 1. The van der Waals surface area contributed by atoms with E-state index in [1.807, 2.05) is 23.9 Å². The summed E-state index contributed by atoms with van der Waals surface area (Å²) in [5, 5.41) is 0.747. The van der Waals surface area contributed by atoms with Crippen molar-refractivity contribution in [3.63, 3.8) is 0 Å². The Balaban J connectivity index is 1.51. The van der Waals surface area contributed by atoms with Gasteiger partial charge in [-0.15, -0.1) is 0 Å². The van der Waals surface area contributed by atoms with Gasteiger partial charge in [0.05, 0.1) is 12.0 Å². The van der Waals surface area contributed by atoms with Crippen molar-refractivity contribution in [3.8, 4) is 0 Å². The minimum atomic E-state index is 0.0166. The van der Waals surface area contributed by atoms with Gasteiger partial charge < -0.3 is 9.80 Å². The first-order valence-electron chi connectivity index (χ1n) is 9.11. The van der Waals surface area contributed by atoms with Crippen LogP contribution in [0.1, 0.15) is 36.3 Å². The van der Waals surface area contributed by atoms with Crippen molar-refractivity contribution in [2.45, 2.75) is 37.6 Å². The summed E-state index contributed by atoms with van der Waals surface area (Å²) in [6.45, 7) is 4.35. The SMILES string of the molecule is O=C(C1CCc2ccc(Cl)cc21)N1CCSCC1CN1CCCC1. The van der Waals surface area contributed by atoms with E-state index in [9.17, 15) is 4.79 Å². The van der Waals surface area contributed by atoms with Gasteiger partial charge in [0.15, 0.2) is 0 Å². The van der Waals surface area contributed by atoms with E-state index in [2.05, 4.69) is 15.9 Å². The molecular weight excluding hydrogens is 340 g/mol. The Bertz CT molecular complexity index is 617. The van der Waals surface area contributed by atoms with E-state index in [-0.39, 0.29) is 5.92 Å². The lowest BCUT2D eigenvalue weighted by atomic mass is 9.99. The first kappa shape index (κ1) is 16.7. The summed E-state index contributed by atoms with van der Waals surface area (Å²) in [7, 11) is 0. The predicted molar refractivity (Wildman–Crippen MR) is 101 cm³/mol. The third-order valence-electron chi connectivity index (χ3n) is 5.66. The van der Waals surface area contributed by atoms with Crippen molar-refractivity contribution < 1.29 is 4.79 Å². The number of amides is 1. The molecule has 2 unspecified atom stereocenters. The second-order valence-corrected chi connectivity index (χ2v) is 8.79. The number of aryl methyl sites for hydroxylation is 1. The standard InChI is InChI=1S/C19H25ClN2OS/c20-15-5-3-14-4-6-17(18(14)11-15)19(23)22-9-10-24-13-16(22)12-21-7-1-2-8-21/h3,5,11,16-17H,1-2,4,6-10,12-13H2. The van der Waals surface area contributed by atoms with Crippen molar-refractivity contribution in [1.82, 2.24) is 9.80 Å². The number of fused-ring (bicyclic) bond motifs is 1. The minimum absolute atomic E-state index is 0.0166. The number of likely N-dealkylation sites (tertiary alicyclic amines) is 1. The molecule has 0 spiro atoms. The van der Waals surface area contributed by atoms with Crippen LogP contribution >= 0.6 is 23.4 Å². The average molecular weight is 365 g/mol. The molecule has 0 aromatic heterocycles. The van der Waals surface area contributed by atoms with E-state index in [1.165, 1.54) is 37.1 Å². The van der Waals surface area contributed by atoms with E-state index in [0.717, 1.165) is 42.5 Å². The van der Waals surface area contributed by atoms with E-state index < -0.39 is 0 Å². The molecule has 1 aromatic carbocycles. The number of hydrogen-bond acceptors (Lipinski definition) is 3. The van der Waals surface area contributed by atoms with Crippen LogP contribution in [0.3, 0.4) is 0 Å². The molecule has 3 nitrogen and oxygen atoms in total. The summed E-state index contributed by atoms with van der Waals surface area (Å²) < 4.78 is 0. The van der Waals surface area contributed by atoms with Crippen LogP contribution in [0.5, 0.6) is 0 Å². The summed E-state index contributed by atoms with van der Waals surface area (Å²) in [5.41, 5.74) is 2.48. The van der Waals surface area contributed by atoms with Gasteiger partial charge in [0.1, 0.15) is 0 Å². The van der Waals surface area contributed by atoms with Gasteiger partial charge in [0.25, 0.3) is 0 Å². The molecule has 0 radical (unpaired) electrons. The van der Waals surface area contributed by atoms with Crippen molar-refractivity contribution in [3.05, 3.63) is 34.3 Å². The Labute approximate surface area is 153 Å². The van der Waals surface area contributed by atoms with Gasteiger partial charge >= 0.3 is 0 Å². The van der Waals surface area contributed by atoms with Crippen LogP contribution < -0.4 is 0 Å². The van der Waals surface area contributed by atoms with E-state index in [4.69, 9.17) is 11.6 Å². The maximum absolute atomic E-state index is 13.3. The number of carbonyl (C=O) groups is 1. The van der Waals surface area contributed by atoms with Crippen molar-refractivity contribution in [2.75, 3.05) is 37.7 Å². The number of halogens is 1. The summed E-state index contributed by atoms with van der Waals surface area (Å²) in [6, 6.07) is 6.43. The molecule has 0 bridgehead atoms. The Morgan fingerprint density at radius 3 is 2.92 bits per heavy atom. The zero-order chi connectivity index (χ0) is 16.5. The highest BCUT2D eigenvalue weighted by Gasteiger charge is 2.36. The third kappa shape index (κ3) is 3.33. The molecule has 2 aliphatic heterocycles. The second kappa shape index (κ2) is 7.27. The lowest BCUT2D eigenvalue weighted by molar-refractivity contribution is -0.135. The molecule has 1 aromatic rings. The first-order valence-corrected chi connectivity index (χ1v) is 10.6. The Morgan fingerprint density at radius 2 is 2.08 bits per heavy atom. The zero-order valence-electron chi connectivity index (χ0n) is 14.0. The molecule has 2 saturated heterocycles. The molecule has 1 aliphatic carbocycles. The van der Waals surface area contributed by atoms with Crippen molar-refractivity contribution in [1.29, 1.82) is 0 Å². The molecule has 2 heterocycles. The molecule has 2 atom stereocenters. The van der Waals surface area contributed by atoms with Crippen LogP contribution in [0.25, 0.3) is 0 Å². The van der Waals surface area contributed by atoms with E-state index in [1.54, 1.807) is 0 Å². The maximum Gasteiger partial charge on any atom is 0.230 e. The van der Waals surface area contributed by atoms with Gasteiger partial charge in [-0.25, -0.2) is 0 Å². The Morgan fingerprint density at radius 1 is 1.25 bits per heavy atom. The summed E-state index contributed by atoms with van der Waals surface area (Å²) in [4.78, 5) is 18.0. The highest BCUT2D eigenvalue weighted by Crippen LogP contribution is 2.37. The van der Waals surface area contributed by atoms with Crippen molar-refractivity contribution >= 4 is 29.3 Å². The monoisotopic (exact) mass is 364 g/mol. The lowest BCUT2D eigenvalue weighted by Gasteiger charge is -2.39. The summed E-state index contributed by atoms with van der Waals surface area (Å²) in [5.74, 6) is 2.50. The van der Waals surface area contributed by atoms with Gasteiger partial charge in [-0.2, -0.15) is 11.8 Å². The molecule has 1 amide bonds. The number of rotatable bonds is 3. The van der Waals surface area contributed by atoms with Crippen LogP contribution in [-0.4, -0.2) is 59.4 Å². The average Bonchev–Trinajstić information content (AvgIpc) is 3.24. The number of carbonyl (C=O) groups excluding carboxylic acids is 1. The fourth-order valence-corrected chi connectivity index (χ4v) is 5.62. The molecule has 5 heteroatoms. The maximum atomic E-state index is 13.3. The van der Waals surface area contributed by atoms with Gasteiger partial charge in [-0.05, 0) is 62.0 Å². The van der Waals surface area contributed by atoms with E-state index in [0.29, 0.717) is 11.9 Å². The van der Waals surface area contributed by atoms with E-state index >= 15 is 0 Å². The molecule has 4 rings (SSSR count). The lowest BCUT2D eigenvalue weighted by Crippen LogP contribution is -2.52. The molecule has 2 fully saturated rings. The van der Waals surface area contributed by atoms with Gasteiger partial charge in [-0.3, -0.25) is 4.79 Å². The Kier molecular flexibility index (Phi) is 5.07. The first-order chi connectivity index (χ1) is 11.7. The van der Waals surface area contributed by atoms with Gasteiger partial charge in [0.2, 0.25) is 5.91 Å². The smallest absolute Gasteiger partial charge is 0.230 e. The van der Waals surface area contributed by atoms with Crippen LogP contribution in [0.4, 0.5) is 0 Å². The highest BCUT2D eigenvalue weighted by atomic mass is 35.5. The van der Waals surface area contributed by atoms with Crippen LogP contribution in [0.2, 0.25) is 5.02 Å². The Hall–Kier alpha value is -0.710. The van der Waals surface area contributed by atoms with Gasteiger partial charge in [0, 0.05) is 29.6 Å². The number of nitrogens with zero attached hydrogens (tertiary/aromatic N) is 2. The number of hydrogen-bond donors (Lipinski definition) is 0. The zero-order valence-corrected chi connectivity index (χ0v) is 15.6. The minimum Gasteiger partial charge on any atom is -0.336 e. The fourth-order valence-electron chi connectivity index (χ4n) is 4.39. The molecular formula is C19H25ClN2OS. The molecule has 24 heavy (non-hydrogen) atoms. The van der Waals surface area contributed by atoms with Crippen LogP contribution in [0, 0.1) is 0 Å². The predicted octanol–water partition coefficient (Wildman–Crippen LogP) is 3.41. The molecule has 0 saturated carbocycles. The largest absolute Gasteiger partial charge is 0.336 e. The topological polar surface area (TPSA) is 23.6 Å². The highest BCUT2D eigenvalue weighted by molar-refractivity contribution is 7.99. The second-order valence-electron chi connectivity index (χ2n) is 7.20. The van der Waals surface area contributed by atoms with Crippen LogP contribution in [0.15, 0.2) is 18.2 Å². The molecule has 3 aliphatic rings. The molecule has 130 valence electrons. The number of thioether (sulfide) groups is 1. The fraction of sp³-hybridized carbons (Fsp3) is 0.632. The normalized spacial score (nSPS) is 27.5. The van der Waals surface area contributed by atoms with Gasteiger partial charge in [-0.1, -0.05) is 17.7 Å². The molecule has 0 N–H and O–H groups in total. The summed E-state index contributed by atoms with van der Waals surface area (Å²) in [6.07, 6.45) is 4.56. The van der Waals surface area contributed by atoms with Crippen LogP contribution in [-0.2, 0) is 11.2 Å². The third-order valence-corrected chi connectivity index (χ3v) is 6.99. The van der Waals surface area contributed by atoms with Crippen molar-refractivity contribution in [2.24, 2.45) is 0 Å². The summed E-state index contributed by atoms with van der Waals surface area (Å²) >= 11 is 8.18.